The summed E-state index contributed by atoms with van der Waals surface area (Å²) < 4.78 is 25.5. The number of halogens is 1. The van der Waals surface area contributed by atoms with Crippen molar-refractivity contribution in [3.63, 3.8) is 0 Å². The summed E-state index contributed by atoms with van der Waals surface area (Å²) in [6.07, 6.45) is 5.01. The summed E-state index contributed by atoms with van der Waals surface area (Å²) in [5.41, 5.74) is 6.24. The van der Waals surface area contributed by atoms with Crippen LogP contribution < -0.4 is 4.40 Å². The van der Waals surface area contributed by atoms with E-state index in [1.807, 2.05) is 62.4 Å². The maximum absolute atomic E-state index is 13.6. The van der Waals surface area contributed by atoms with E-state index in [1.54, 1.807) is 28.0 Å². The van der Waals surface area contributed by atoms with E-state index in [1.165, 1.54) is 11.6 Å². The minimum atomic E-state index is -1.86. The van der Waals surface area contributed by atoms with Gasteiger partial charge in [-0.3, -0.25) is 0 Å². The van der Waals surface area contributed by atoms with Crippen molar-refractivity contribution in [2.24, 2.45) is 5.92 Å². The molecule has 0 fully saturated rings. The first kappa shape index (κ1) is 32.7. The molecule has 0 N–H and O–H groups in total. The van der Waals surface area contributed by atoms with Crippen molar-refractivity contribution < 1.29 is 25.9 Å². The van der Waals surface area contributed by atoms with Gasteiger partial charge < -0.3 is 4.98 Å². The second-order valence-corrected chi connectivity index (χ2v) is 24.2. The molecule has 229 valence electrons. The Bertz CT molecular complexity index is 1910. The molecular weight excluding hydrogens is 800 g/mol. The van der Waals surface area contributed by atoms with Crippen molar-refractivity contribution in [1.29, 1.82) is 0 Å². The average Bonchev–Trinajstić information content (AvgIpc) is 3.35. The van der Waals surface area contributed by atoms with Gasteiger partial charge in [0.15, 0.2) is 0 Å². The fraction of sp³-hybridized carbons (Fsp3) is 0.263. The number of hydrogen-bond acceptors (Lipinski definition) is 3. The van der Waals surface area contributed by atoms with Crippen molar-refractivity contribution in [3.05, 3.63) is 114 Å². The van der Waals surface area contributed by atoms with Gasteiger partial charge in [-0.15, -0.1) is 23.8 Å². The van der Waals surface area contributed by atoms with E-state index in [0.717, 1.165) is 54.7 Å². The first-order valence-corrected chi connectivity index (χ1v) is 22.9. The minimum Gasteiger partial charge on any atom is -0.305 e. The largest absolute Gasteiger partial charge is 0.305 e. The molecule has 0 amide bonds. The van der Waals surface area contributed by atoms with Crippen LogP contribution in [-0.4, -0.2) is 23.2 Å². The number of rotatable bonds is 6. The van der Waals surface area contributed by atoms with Gasteiger partial charge in [-0.2, -0.15) is 11.3 Å². The van der Waals surface area contributed by atoms with Crippen LogP contribution >= 0.6 is 11.3 Å². The Balaban J connectivity index is 0.000000204. The first-order chi connectivity index (χ1) is 20.8. The molecule has 3 aromatic carbocycles. The monoisotopic (exact) mass is 842 g/mol. The van der Waals surface area contributed by atoms with Crippen molar-refractivity contribution in [1.82, 2.24) is 9.97 Å². The molecule has 0 bridgehead atoms. The second kappa shape index (κ2) is 14.6. The SMILES string of the molecule is CC(C)Cc1cc(-c2[c-]cccc2)nc[c]1[Ge]([CH3])([CH3])[CH3].[2H]C(C)(C)c1ccnc(-c2[c-]ccc3c2sc2ccc(F)cc23)c1.[Ir]. The number of nitrogens with zero attached hydrogens (tertiary/aromatic N) is 2. The van der Waals surface area contributed by atoms with Crippen molar-refractivity contribution in [2.75, 3.05) is 0 Å². The zero-order valence-electron chi connectivity index (χ0n) is 27.4. The standard InChI is InChI=1S/C20H15FNS.C18H24GeN.Ir/c1-12(2)13-8-9-22-18(10-13)16-5-3-4-15-17-11-14(21)6-7-19(17)23-20(15)16;1-14(2)11-16-12-18(15-9-7-6-8-10-15)20-13-17(16)19(3,4)5;/h3-4,6-12H,1-2H3;6-9,12-14H,11H2,1-5H3;/q2*-1;/i12D;;. The van der Waals surface area contributed by atoms with Crippen molar-refractivity contribution in [3.8, 4) is 22.5 Å². The molecule has 6 aromatic rings. The van der Waals surface area contributed by atoms with E-state index in [9.17, 15) is 4.39 Å². The van der Waals surface area contributed by atoms with Crippen LogP contribution in [-0.2, 0) is 26.5 Å². The average molecular weight is 841 g/mol. The zero-order valence-corrected chi connectivity index (χ0v) is 31.7. The summed E-state index contributed by atoms with van der Waals surface area (Å²) in [5.74, 6) is 7.08. The van der Waals surface area contributed by atoms with Crippen LogP contribution in [0.25, 0.3) is 42.7 Å². The molecule has 0 aliphatic heterocycles. The molecule has 1 radical (unpaired) electrons. The summed E-state index contributed by atoms with van der Waals surface area (Å²) in [5, 5.41) is 1.93. The quantitative estimate of drug-likeness (QED) is 0.123. The third-order valence-corrected chi connectivity index (χ3v) is 12.9. The smallest absolute Gasteiger partial charge is 0.123 e. The molecule has 2 nitrogen and oxygen atoms in total. The summed E-state index contributed by atoms with van der Waals surface area (Å²) in [6.45, 7) is 8.29. The molecule has 0 saturated heterocycles. The van der Waals surface area contributed by atoms with Gasteiger partial charge in [-0.25, -0.2) is 4.39 Å². The van der Waals surface area contributed by atoms with E-state index in [2.05, 4.69) is 66.6 Å². The van der Waals surface area contributed by atoms with E-state index in [-0.39, 0.29) is 25.9 Å². The Morgan fingerprint density at radius 3 is 2.36 bits per heavy atom. The van der Waals surface area contributed by atoms with Crippen molar-refractivity contribution in [2.45, 2.75) is 57.3 Å². The molecule has 6 rings (SSSR count). The molecule has 44 heavy (non-hydrogen) atoms. The Labute approximate surface area is 283 Å². The third kappa shape index (κ3) is 7.92. The number of thiophene rings is 1. The van der Waals surface area contributed by atoms with Crippen LogP contribution in [0, 0.1) is 23.9 Å². The van der Waals surface area contributed by atoms with Gasteiger partial charge in [0.1, 0.15) is 5.82 Å². The van der Waals surface area contributed by atoms with E-state index < -0.39 is 19.2 Å². The van der Waals surface area contributed by atoms with Crippen LogP contribution in [0.1, 0.15) is 46.1 Å². The maximum atomic E-state index is 13.6. The number of hydrogen-bond donors (Lipinski definition) is 0. The van der Waals surface area contributed by atoms with E-state index in [0.29, 0.717) is 5.92 Å². The molecular formula is C38H39FGeIrN2S-2. The topological polar surface area (TPSA) is 25.8 Å². The van der Waals surface area contributed by atoms with E-state index >= 15 is 0 Å². The summed E-state index contributed by atoms with van der Waals surface area (Å²) in [7, 11) is 0. The number of benzene rings is 3. The molecule has 0 atom stereocenters. The molecule has 0 aliphatic rings. The maximum Gasteiger partial charge on any atom is 0.123 e. The van der Waals surface area contributed by atoms with Gasteiger partial charge in [-0.05, 0) is 45.9 Å². The van der Waals surface area contributed by atoms with Crippen LogP contribution in [0.15, 0.2) is 85.2 Å². The van der Waals surface area contributed by atoms with Crippen LogP contribution in [0.5, 0.6) is 0 Å². The Morgan fingerprint density at radius 2 is 1.68 bits per heavy atom. The van der Waals surface area contributed by atoms with Gasteiger partial charge in [-0.1, -0.05) is 30.9 Å². The summed E-state index contributed by atoms with van der Waals surface area (Å²) >= 11 is -0.238. The Hall–Kier alpha value is -2.70. The van der Waals surface area contributed by atoms with Gasteiger partial charge in [0.05, 0.1) is 0 Å². The minimum absolute atomic E-state index is 0. The van der Waals surface area contributed by atoms with Crippen LogP contribution in [0.4, 0.5) is 4.39 Å². The molecule has 0 spiro atoms. The molecule has 3 heterocycles. The second-order valence-electron chi connectivity index (χ2n) is 12.6. The predicted octanol–water partition coefficient (Wildman–Crippen LogP) is 10.5. The number of aromatic nitrogens is 2. The summed E-state index contributed by atoms with van der Waals surface area (Å²) in [4.78, 5) is 9.18. The number of fused-ring (bicyclic) bond motifs is 3. The molecule has 0 saturated carbocycles. The zero-order chi connectivity index (χ0) is 31.6. The third-order valence-electron chi connectivity index (χ3n) is 7.40. The molecule has 6 heteroatoms. The Morgan fingerprint density at radius 1 is 0.886 bits per heavy atom. The number of pyridine rings is 2. The van der Waals surface area contributed by atoms with Crippen molar-refractivity contribution >= 4 is 49.2 Å². The van der Waals surface area contributed by atoms with Crippen LogP contribution in [0.2, 0.25) is 17.3 Å². The predicted molar refractivity (Wildman–Crippen MR) is 185 cm³/mol. The van der Waals surface area contributed by atoms with Gasteiger partial charge in [0.25, 0.3) is 0 Å². The van der Waals surface area contributed by atoms with Gasteiger partial charge in [0.2, 0.25) is 0 Å². The fourth-order valence-electron chi connectivity index (χ4n) is 5.26. The molecule has 0 aliphatic carbocycles. The molecule has 0 unspecified atom stereocenters. The fourth-order valence-corrected chi connectivity index (χ4v) is 9.79. The van der Waals surface area contributed by atoms with Gasteiger partial charge >= 0.3 is 126 Å². The van der Waals surface area contributed by atoms with Crippen LogP contribution in [0.3, 0.4) is 0 Å². The van der Waals surface area contributed by atoms with Gasteiger partial charge in [0, 0.05) is 32.4 Å². The summed E-state index contributed by atoms with van der Waals surface area (Å²) in [6, 6.07) is 29.4. The normalized spacial score (nSPS) is 12.1. The molecule has 3 aromatic heterocycles. The van der Waals surface area contributed by atoms with E-state index in [4.69, 9.17) is 6.35 Å². The Kier molecular flexibility index (Phi) is 10.8. The first-order valence-electron chi connectivity index (χ1n) is 15.3.